The van der Waals surface area contributed by atoms with Crippen LogP contribution in [0.25, 0.3) is 23.3 Å². The predicted octanol–water partition coefficient (Wildman–Crippen LogP) is 11.7. The average molecular weight is 768 g/mol. The van der Waals surface area contributed by atoms with Crippen molar-refractivity contribution < 1.29 is 79.0 Å². The lowest BCUT2D eigenvalue weighted by Gasteiger charge is -2.33. The molecule has 0 aromatic heterocycles. The van der Waals surface area contributed by atoms with Gasteiger partial charge < -0.3 is 0 Å². The molecular formula is C32H14F18N2. The SMILES string of the molecule is N#C/C(=C\c1ccc(/C=C(\C#N)c2ccc(C(F)(F)C(F)(F)C(F)(F)C(F)(F)F)cc2)cc1)c1ccc(C(F)(F)C(F)(F)C(F)(F)C(F)(F)F)cc1. The molecule has 52 heavy (non-hydrogen) atoms. The molecule has 3 aromatic rings. The molecule has 0 heterocycles. The predicted molar refractivity (Wildman–Crippen MR) is 146 cm³/mol. The quantitative estimate of drug-likeness (QED) is 0.117. The maximum Gasteiger partial charge on any atom is 0.460 e. The first-order chi connectivity index (χ1) is 23.5. The molecule has 0 saturated heterocycles. The van der Waals surface area contributed by atoms with Crippen LogP contribution >= 0.6 is 0 Å². The third-order valence-electron chi connectivity index (χ3n) is 7.21. The topological polar surface area (TPSA) is 47.6 Å². The van der Waals surface area contributed by atoms with Crippen LogP contribution in [0.1, 0.15) is 33.4 Å². The number of nitriles is 2. The lowest BCUT2D eigenvalue weighted by atomic mass is 9.94. The minimum Gasteiger partial charge on any atom is -0.194 e. The molecule has 0 aliphatic heterocycles. The molecule has 3 aromatic carbocycles. The molecule has 0 N–H and O–H groups in total. The summed E-state index contributed by atoms with van der Waals surface area (Å²) in [5, 5.41) is 19.0. The molecule has 0 unspecified atom stereocenters. The van der Waals surface area contributed by atoms with E-state index in [1.165, 1.54) is 24.3 Å². The fourth-order valence-corrected chi connectivity index (χ4v) is 4.21. The van der Waals surface area contributed by atoms with Crippen molar-refractivity contribution >= 4 is 23.3 Å². The standard InChI is InChI=1S/C32H14F18N2/c33-25(34,27(37,38)29(41,42)31(45,46)47)23-9-5-19(6-10-23)21(15-51)13-17-1-2-18(4-3-17)14-22(16-52)20-7-11-24(12-8-20)26(35,36)28(39,40)30(43,44)32(48,49)50/h1-14H/b21-13+,22-14+. The zero-order valence-corrected chi connectivity index (χ0v) is 24.8. The monoisotopic (exact) mass is 768 g/mol. The molecule has 0 amide bonds. The van der Waals surface area contributed by atoms with Crippen molar-refractivity contribution in [2.75, 3.05) is 0 Å². The molecule has 0 spiro atoms. The van der Waals surface area contributed by atoms with E-state index >= 15 is 0 Å². The summed E-state index contributed by atoms with van der Waals surface area (Å²) in [5.74, 6) is -40.1. The van der Waals surface area contributed by atoms with Crippen molar-refractivity contribution in [1.29, 1.82) is 10.5 Å². The number of hydrogen-bond donors (Lipinski definition) is 0. The second kappa shape index (κ2) is 13.4. The van der Waals surface area contributed by atoms with Crippen LogP contribution in [0.5, 0.6) is 0 Å². The van der Waals surface area contributed by atoms with Gasteiger partial charge in [-0.25, -0.2) is 0 Å². The summed E-state index contributed by atoms with van der Waals surface area (Å²) >= 11 is 0. The zero-order chi connectivity index (χ0) is 39.9. The Bertz CT molecular complexity index is 1760. The first-order valence-corrected chi connectivity index (χ1v) is 13.5. The third kappa shape index (κ3) is 7.02. The van der Waals surface area contributed by atoms with Crippen LogP contribution < -0.4 is 0 Å². The zero-order valence-electron chi connectivity index (χ0n) is 24.8. The number of halogens is 18. The Morgan fingerprint density at radius 1 is 0.385 bits per heavy atom. The maximum absolute atomic E-state index is 14.2. The van der Waals surface area contributed by atoms with Crippen LogP contribution in [0.3, 0.4) is 0 Å². The Balaban J connectivity index is 1.87. The summed E-state index contributed by atoms with van der Waals surface area (Å²) in [5.41, 5.74) is -4.85. The van der Waals surface area contributed by atoms with Crippen LogP contribution in [0.2, 0.25) is 0 Å². The summed E-state index contributed by atoms with van der Waals surface area (Å²) in [7, 11) is 0. The van der Waals surface area contributed by atoms with E-state index in [1.54, 1.807) is 12.1 Å². The molecule has 0 radical (unpaired) electrons. The fourth-order valence-electron chi connectivity index (χ4n) is 4.21. The van der Waals surface area contributed by atoms with Gasteiger partial charge in [0.25, 0.3) is 0 Å². The van der Waals surface area contributed by atoms with Gasteiger partial charge in [0.05, 0.1) is 23.3 Å². The van der Waals surface area contributed by atoms with E-state index in [1.807, 2.05) is 0 Å². The largest absolute Gasteiger partial charge is 0.460 e. The van der Waals surface area contributed by atoms with Crippen molar-refractivity contribution in [2.24, 2.45) is 0 Å². The number of allylic oxidation sites excluding steroid dienone is 2. The highest BCUT2D eigenvalue weighted by atomic mass is 19.4. The molecular weight excluding hydrogens is 754 g/mol. The summed E-state index contributed by atoms with van der Waals surface area (Å²) < 4.78 is 239. The molecule has 0 aliphatic carbocycles. The lowest BCUT2D eigenvalue weighted by Crippen LogP contribution is -2.59. The first kappa shape index (κ1) is 41.3. The summed E-state index contributed by atoms with van der Waals surface area (Å²) in [4.78, 5) is 0. The second-order valence-corrected chi connectivity index (χ2v) is 10.6. The van der Waals surface area contributed by atoms with Crippen molar-refractivity contribution in [3.63, 3.8) is 0 Å². The number of benzene rings is 3. The first-order valence-electron chi connectivity index (χ1n) is 13.5. The molecule has 0 bridgehead atoms. The molecule has 0 saturated carbocycles. The maximum atomic E-state index is 14.2. The van der Waals surface area contributed by atoms with Gasteiger partial charge in [-0.05, 0) is 34.4 Å². The van der Waals surface area contributed by atoms with Gasteiger partial charge in [0.1, 0.15) is 0 Å². The van der Waals surface area contributed by atoms with E-state index in [0.717, 1.165) is 12.2 Å². The smallest absolute Gasteiger partial charge is 0.194 e. The van der Waals surface area contributed by atoms with Gasteiger partial charge in [-0.1, -0.05) is 72.8 Å². The Kier molecular flexibility index (Phi) is 10.7. The Morgan fingerprint density at radius 2 is 0.635 bits per heavy atom. The number of nitrogens with zero attached hydrogens (tertiary/aromatic N) is 2. The minimum absolute atomic E-state index is 0.106. The van der Waals surface area contributed by atoms with E-state index < -0.39 is 59.0 Å². The summed E-state index contributed by atoms with van der Waals surface area (Å²) in [6.07, 6.45) is -11.9. The second-order valence-electron chi connectivity index (χ2n) is 10.6. The normalized spacial score (nSPS) is 14.5. The fraction of sp³-hybridized carbons (Fsp3) is 0.250. The van der Waals surface area contributed by atoms with Gasteiger partial charge in [0.15, 0.2) is 0 Å². The molecule has 0 atom stereocenters. The molecule has 0 aliphatic rings. The summed E-state index contributed by atoms with van der Waals surface area (Å²) in [6, 6.07) is 11.0. The highest BCUT2D eigenvalue weighted by Gasteiger charge is 2.83. The number of alkyl halides is 18. The van der Waals surface area contributed by atoms with E-state index in [-0.39, 0.29) is 57.7 Å². The van der Waals surface area contributed by atoms with Gasteiger partial charge in [-0.15, -0.1) is 0 Å². The minimum atomic E-state index is -7.12. The number of rotatable bonds is 10. The van der Waals surface area contributed by atoms with Crippen LogP contribution in [-0.2, 0) is 11.8 Å². The lowest BCUT2D eigenvalue weighted by molar-refractivity contribution is -0.399. The Hall–Kier alpha value is -5.14. The van der Waals surface area contributed by atoms with Gasteiger partial charge >= 0.3 is 47.9 Å². The van der Waals surface area contributed by atoms with E-state index in [4.69, 9.17) is 0 Å². The average Bonchev–Trinajstić information content (AvgIpc) is 3.05. The molecule has 0 fully saturated rings. The van der Waals surface area contributed by atoms with E-state index in [9.17, 15) is 89.6 Å². The van der Waals surface area contributed by atoms with Crippen LogP contribution in [0.4, 0.5) is 79.0 Å². The summed E-state index contributed by atoms with van der Waals surface area (Å²) in [6.45, 7) is 0. The Morgan fingerprint density at radius 3 is 0.846 bits per heavy atom. The van der Waals surface area contributed by atoms with Gasteiger partial charge in [0, 0.05) is 11.1 Å². The molecule has 2 nitrogen and oxygen atoms in total. The van der Waals surface area contributed by atoms with Gasteiger partial charge in [-0.3, -0.25) is 0 Å². The van der Waals surface area contributed by atoms with Crippen LogP contribution in [-0.4, -0.2) is 36.0 Å². The van der Waals surface area contributed by atoms with Crippen molar-refractivity contribution in [3.8, 4) is 12.1 Å². The van der Waals surface area contributed by atoms with Crippen molar-refractivity contribution in [2.45, 2.75) is 47.9 Å². The third-order valence-corrected chi connectivity index (χ3v) is 7.21. The van der Waals surface area contributed by atoms with Gasteiger partial charge in [0.2, 0.25) is 0 Å². The highest BCUT2D eigenvalue weighted by molar-refractivity contribution is 5.91. The van der Waals surface area contributed by atoms with E-state index in [0.29, 0.717) is 24.3 Å². The van der Waals surface area contributed by atoms with Gasteiger partial charge in [-0.2, -0.15) is 89.6 Å². The molecule has 278 valence electrons. The van der Waals surface area contributed by atoms with Crippen molar-refractivity contribution in [1.82, 2.24) is 0 Å². The van der Waals surface area contributed by atoms with Crippen LogP contribution in [0, 0.1) is 22.7 Å². The Labute approximate surface area is 279 Å². The van der Waals surface area contributed by atoms with E-state index in [2.05, 4.69) is 0 Å². The van der Waals surface area contributed by atoms with Crippen molar-refractivity contribution in [3.05, 3.63) is 106 Å². The van der Waals surface area contributed by atoms with Crippen LogP contribution in [0.15, 0.2) is 72.8 Å². The molecule has 20 heteroatoms. The highest BCUT2D eigenvalue weighted by Crippen LogP contribution is 2.58. The molecule has 3 rings (SSSR count). The number of hydrogen-bond acceptors (Lipinski definition) is 2.